The minimum Gasteiger partial charge on any atom is -0.493 e. The molecule has 0 spiro atoms. The Hall–Kier alpha value is -1.26. The first-order valence-electron chi connectivity index (χ1n) is 4.45. The normalized spacial score (nSPS) is 9.80. The second-order valence-electron chi connectivity index (χ2n) is 3.04. The summed E-state index contributed by atoms with van der Waals surface area (Å²) in [6, 6.07) is 5.24. The van der Waals surface area contributed by atoms with E-state index in [0.29, 0.717) is 10.8 Å². The van der Waals surface area contributed by atoms with Gasteiger partial charge in [0.2, 0.25) is 5.91 Å². The van der Waals surface area contributed by atoms with Crippen LogP contribution in [0.3, 0.4) is 0 Å². The molecule has 5 heteroatoms. The highest BCUT2D eigenvalue weighted by Gasteiger charge is 2.02. The van der Waals surface area contributed by atoms with E-state index in [9.17, 15) is 4.79 Å². The molecule has 0 aromatic heterocycles. The number of halogens is 1. The molecular weight excluding hydrogens is 218 g/mol. The number of rotatable bonds is 4. The van der Waals surface area contributed by atoms with Crippen molar-refractivity contribution in [2.45, 2.75) is 13.3 Å². The molecule has 0 aliphatic rings. The van der Waals surface area contributed by atoms with E-state index in [1.165, 1.54) is 5.48 Å². The van der Waals surface area contributed by atoms with E-state index >= 15 is 0 Å². The van der Waals surface area contributed by atoms with Crippen molar-refractivity contribution in [2.24, 2.45) is 0 Å². The van der Waals surface area contributed by atoms with Crippen LogP contribution >= 0.6 is 11.6 Å². The zero-order chi connectivity index (χ0) is 11.3. The molecule has 0 heterocycles. The molecule has 15 heavy (non-hydrogen) atoms. The first-order chi connectivity index (χ1) is 7.13. The summed E-state index contributed by atoms with van der Waals surface area (Å²) < 4.78 is 5.33. The first kappa shape index (κ1) is 11.8. The summed E-state index contributed by atoms with van der Waals surface area (Å²) in [4.78, 5) is 10.7. The van der Waals surface area contributed by atoms with Crippen LogP contribution in [0.5, 0.6) is 5.75 Å². The minimum absolute atomic E-state index is 0.110. The average Bonchev–Trinajstić information content (AvgIpc) is 2.21. The molecule has 4 nitrogen and oxygen atoms in total. The molecule has 0 unspecified atom stereocenters. The second kappa shape index (κ2) is 5.58. The molecule has 0 fully saturated rings. The number of hydroxylamine groups is 1. The number of carbonyl (C=O) groups is 1. The Morgan fingerprint density at radius 2 is 2.33 bits per heavy atom. The Bertz CT molecular complexity index is 355. The van der Waals surface area contributed by atoms with E-state index in [1.807, 2.05) is 6.92 Å². The molecule has 82 valence electrons. The Morgan fingerprint density at radius 1 is 1.60 bits per heavy atom. The largest absolute Gasteiger partial charge is 0.493 e. The molecule has 0 saturated heterocycles. The molecule has 2 N–H and O–H groups in total. The van der Waals surface area contributed by atoms with Crippen molar-refractivity contribution in [3.8, 4) is 5.75 Å². The van der Waals surface area contributed by atoms with E-state index in [4.69, 9.17) is 21.5 Å². The topological polar surface area (TPSA) is 58.6 Å². The van der Waals surface area contributed by atoms with Crippen molar-refractivity contribution < 1.29 is 14.7 Å². The third kappa shape index (κ3) is 3.77. The van der Waals surface area contributed by atoms with Gasteiger partial charge in [-0.05, 0) is 30.7 Å². The van der Waals surface area contributed by atoms with Crippen LogP contribution < -0.4 is 10.2 Å². The Kier molecular flexibility index (Phi) is 4.39. The zero-order valence-electron chi connectivity index (χ0n) is 8.29. The van der Waals surface area contributed by atoms with Crippen molar-refractivity contribution in [3.05, 3.63) is 28.8 Å². The number of hydrogen-bond acceptors (Lipinski definition) is 3. The summed E-state index contributed by atoms with van der Waals surface area (Å²) >= 11 is 5.77. The van der Waals surface area contributed by atoms with Crippen molar-refractivity contribution in [1.29, 1.82) is 0 Å². The van der Waals surface area contributed by atoms with E-state index in [2.05, 4.69) is 0 Å². The molecule has 0 bridgehead atoms. The van der Waals surface area contributed by atoms with Crippen LogP contribution in [0.15, 0.2) is 18.2 Å². The molecule has 0 saturated carbocycles. The van der Waals surface area contributed by atoms with Crippen molar-refractivity contribution in [3.63, 3.8) is 0 Å². The molecule has 1 aromatic rings. The summed E-state index contributed by atoms with van der Waals surface area (Å²) in [5.74, 6) is 0.215. The molecular formula is C10H12ClNO3. The van der Waals surface area contributed by atoms with Crippen LogP contribution in [0.1, 0.15) is 12.0 Å². The fourth-order valence-corrected chi connectivity index (χ4v) is 1.31. The van der Waals surface area contributed by atoms with E-state index in [1.54, 1.807) is 18.2 Å². The monoisotopic (exact) mass is 229 g/mol. The summed E-state index contributed by atoms with van der Waals surface area (Å²) in [6.07, 6.45) is 0.110. The molecule has 0 radical (unpaired) electrons. The summed E-state index contributed by atoms with van der Waals surface area (Å²) in [5.41, 5.74) is 2.44. The molecule has 1 amide bonds. The van der Waals surface area contributed by atoms with Gasteiger partial charge < -0.3 is 4.74 Å². The lowest BCUT2D eigenvalue weighted by atomic mass is 10.2. The lowest BCUT2D eigenvalue weighted by Crippen LogP contribution is -2.20. The quantitative estimate of drug-likeness (QED) is 0.613. The average molecular weight is 230 g/mol. The van der Waals surface area contributed by atoms with Gasteiger partial charge in [-0.2, -0.15) is 0 Å². The van der Waals surface area contributed by atoms with Gasteiger partial charge >= 0.3 is 0 Å². The van der Waals surface area contributed by atoms with Gasteiger partial charge in [0.15, 0.2) is 0 Å². The van der Waals surface area contributed by atoms with Gasteiger partial charge in [-0.25, -0.2) is 5.48 Å². The lowest BCUT2D eigenvalue weighted by molar-refractivity contribution is -0.129. The van der Waals surface area contributed by atoms with Gasteiger partial charge in [0.1, 0.15) is 5.75 Å². The second-order valence-corrected chi connectivity index (χ2v) is 3.48. The summed E-state index contributed by atoms with van der Waals surface area (Å²) in [5, 5.41) is 8.90. The molecule has 1 rings (SSSR count). The van der Waals surface area contributed by atoms with Crippen molar-refractivity contribution >= 4 is 17.5 Å². The standard InChI is InChI=1S/C10H12ClNO3/c1-7-6-8(11)2-3-9(7)15-5-4-10(13)12-14/h2-3,6,14H,4-5H2,1H3,(H,12,13). The van der Waals surface area contributed by atoms with Crippen molar-refractivity contribution in [1.82, 2.24) is 5.48 Å². The van der Waals surface area contributed by atoms with Gasteiger partial charge in [0.25, 0.3) is 0 Å². The first-order valence-corrected chi connectivity index (χ1v) is 4.83. The Morgan fingerprint density at radius 3 is 2.93 bits per heavy atom. The number of hydrogen-bond donors (Lipinski definition) is 2. The van der Waals surface area contributed by atoms with Gasteiger partial charge in [0.05, 0.1) is 13.0 Å². The lowest BCUT2D eigenvalue weighted by Gasteiger charge is -2.08. The maximum absolute atomic E-state index is 10.7. The van der Waals surface area contributed by atoms with Crippen LogP contribution in [0.25, 0.3) is 0 Å². The van der Waals surface area contributed by atoms with Crippen LogP contribution in [-0.4, -0.2) is 17.7 Å². The maximum Gasteiger partial charge on any atom is 0.246 e. The van der Waals surface area contributed by atoms with Gasteiger partial charge in [-0.1, -0.05) is 11.6 Å². The molecule has 0 aliphatic carbocycles. The van der Waals surface area contributed by atoms with E-state index < -0.39 is 5.91 Å². The maximum atomic E-state index is 10.7. The number of benzene rings is 1. The van der Waals surface area contributed by atoms with E-state index in [-0.39, 0.29) is 13.0 Å². The minimum atomic E-state index is -0.471. The van der Waals surface area contributed by atoms with Crippen LogP contribution in [0.4, 0.5) is 0 Å². The van der Waals surface area contributed by atoms with Gasteiger partial charge in [-0.3, -0.25) is 10.0 Å². The molecule has 0 atom stereocenters. The predicted molar refractivity (Wildman–Crippen MR) is 56.2 cm³/mol. The smallest absolute Gasteiger partial charge is 0.246 e. The van der Waals surface area contributed by atoms with Crippen LogP contribution in [0.2, 0.25) is 5.02 Å². The van der Waals surface area contributed by atoms with Crippen molar-refractivity contribution in [2.75, 3.05) is 6.61 Å². The van der Waals surface area contributed by atoms with Crippen LogP contribution in [0, 0.1) is 6.92 Å². The number of aryl methyl sites for hydroxylation is 1. The highest BCUT2D eigenvalue weighted by atomic mass is 35.5. The Labute approximate surface area is 92.8 Å². The highest BCUT2D eigenvalue weighted by Crippen LogP contribution is 2.21. The fourth-order valence-electron chi connectivity index (χ4n) is 1.08. The third-order valence-corrected chi connectivity index (χ3v) is 2.08. The summed E-state index contributed by atoms with van der Waals surface area (Å²) in [7, 11) is 0. The third-order valence-electron chi connectivity index (χ3n) is 1.85. The number of ether oxygens (including phenoxy) is 1. The molecule has 0 aliphatic heterocycles. The van der Waals surface area contributed by atoms with Gasteiger partial charge in [-0.15, -0.1) is 0 Å². The van der Waals surface area contributed by atoms with Crippen LogP contribution in [-0.2, 0) is 4.79 Å². The Balaban J connectivity index is 2.47. The zero-order valence-corrected chi connectivity index (χ0v) is 9.04. The fraction of sp³-hybridized carbons (Fsp3) is 0.300. The molecule has 1 aromatic carbocycles. The van der Waals surface area contributed by atoms with Gasteiger partial charge in [0, 0.05) is 5.02 Å². The number of carbonyl (C=O) groups excluding carboxylic acids is 1. The predicted octanol–water partition coefficient (Wildman–Crippen LogP) is 1.92. The summed E-state index contributed by atoms with van der Waals surface area (Å²) in [6.45, 7) is 2.09. The highest BCUT2D eigenvalue weighted by molar-refractivity contribution is 6.30. The number of nitrogens with one attached hydrogen (secondary N) is 1. The van der Waals surface area contributed by atoms with E-state index in [0.717, 1.165) is 5.56 Å². The number of amides is 1. The SMILES string of the molecule is Cc1cc(Cl)ccc1OCCC(=O)NO.